The number of hydrogen-bond acceptors (Lipinski definition) is 4. The molecular weight excluding hydrogens is 344 g/mol. The van der Waals surface area contributed by atoms with E-state index in [0.717, 1.165) is 21.0 Å². The molecule has 0 unspecified atom stereocenters. The molecule has 1 saturated heterocycles. The Morgan fingerprint density at radius 2 is 0.636 bits per heavy atom. The fourth-order valence-electron chi connectivity index (χ4n) is 3.94. The van der Waals surface area contributed by atoms with E-state index in [1.807, 2.05) is 0 Å². The fourth-order valence-corrected chi connectivity index (χ4v) is 10.4. The minimum atomic E-state index is 0.974. The molecule has 1 aliphatic heterocycles. The van der Waals surface area contributed by atoms with Crippen LogP contribution in [0.1, 0.15) is 64.2 Å². The Labute approximate surface area is 154 Å². The lowest BCUT2D eigenvalue weighted by molar-refractivity contribution is 0.526. The third-order valence-electron chi connectivity index (χ3n) is 5.19. The summed E-state index contributed by atoms with van der Waals surface area (Å²) in [6.45, 7) is 0. The average Bonchev–Trinajstić information content (AvgIpc) is 2.56. The third kappa shape index (κ3) is 5.74. The van der Waals surface area contributed by atoms with Gasteiger partial charge >= 0.3 is 0 Å². The first-order valence-corrected chi connectivity index (χ1v) is 13.6. The molecule has 0 aromatic heterocycles. The second kappa shape index (κ2) is 10.4. The summed E-state index contributed by atoms with van der Waals surface area (Å²) in [5.41, 5.74) is 0. The lowest BCUT2D eigenvalue weighted by atomic mass is 10.00. The summed E-state index contributed by atoms with van der Waals surface area (Å²) in [7, 11) is 0. The zero-order valence-electron chi connectivity index (χ0n) is 13.8. The molecule has 0 N–H and O–H groups in total. The molecule has 128 valence electrons. The number of fused-ring (bicyclic) bond motifs is 2. The smallest absolute Gasteiger partial charge is 0.0166 e. The highest BCUT2D eigenvalue weighted by atomic mass is 32.2. The van der Waals surface area contributed by atoms with E-state index >= 15 is 0 Å². The molecule has 0 spiro atoms. The van der Waals surface area contributed by atoms with Crippen molar-refractivity contribution in [2.75, 3.05) is 23.0 Å². The van der Waals surface area contributed by atoms with Crippen LogP contribution in [0.25, 0.3) is 0 Å². The Kier molecular flexibility index (Phi) is 8.61. The van der Waals surface area contributed by atoms with Crippen LogP contribution in [-0.2, 0) is 0 Å². The van der Waals surface area contributed by atoms with Gasteiger partial charge < -0.3 is 0 Å². The first-order chi connectivity index (χ1) is 10.9. The monoisotopic (exact) mass is 376 g/mol. The predicted octanol–water partition coefficient (Wildman–Crippen LogP) is 6.34. The molecule has 3 rings (SSSR count). The minimum absolute atomic E-state index is 0.974. The molecule has 0 amide bonds. The first-order valence-electron chi connectivity index (χ1n) is 9.40. The molecule has 2 saturated carbocycles. The van der Waals surface area contributed by atoms with Crippen LogP contribution in [0.4, 0.5) is 0 Å². The van der Waals surface area contributed by atoms with Crippen LogP contribution >= 0.6 is 47.0 Å². The molecule has 0 bridgehead atoms. The predicted molar refractivity (Wildman–Crippen MR) is 111 cm³/mol. The molecule has 1 heterocycles. The van der Waals surface area contributed by atoms with Crippen molar-refractivity contribution in [2.45, 2.75) is 85.2 Å². The standard InChI is InChI=1S/C18H32S4/c1-2-8-16-15(7-1)19-11-5-13-21-17-9-3-4-10-18(17)22-14-6-12-20-16/h15-18H,1-14H2/t15-,16+,17+,18-. The van der Waals surface area contributed by atoms with Crippen LogP contribution in [0.15, 0.2) is 0 Å². The molecule has 0 aromatic rings. The zero-order chi connectivity index (χ0) is 15.0. The van der Waals surface area contributed by atoms with Gasteiger partial charge in [-0.25, -0.2) is 0 Å². The summed E-state index contributed by atoms with van der Waals surface area (Å²) < 4.78 is 0. The summed E-state index contributed by atoms with van der Waals surface area (Å²) >= 11 is 9.29. The van der Waals surface area contributed by atoms with E-state index in [-0.39, 0.29) is 0 Å². The van der Waals surface area contributed by atoms with Crippen LogP contribution in [-0.4, -0.2) is 44.0 Å². The molecule has 3 aliphatic rings. The summed E-state index contributed by atoms with van der Waals surface area (Å²) in [5.74, 6) is 5.66. The zero-order valence-corrected chi connectivity index (χ0v) is 17.1. The van der Waals surface area contributed by atoms with Gasteiger partial charge in [0.15, 0.2) is 0 Å². The van der Waals surface area contributed by atoms with Crippen molar-refractivity contribution < 1.29 is 0 Å². The lowest BCUT2D eigenvalue weighted by Gasteiger charge is -2.32. The van der Waals surface area contributed by atoms with Crippen molar-refractivity contribution in [2.24, 2.45) is 0 Å². The van der Waals surface area contributed by atoms with Gasteiger partial charge in [-0.15, -0.1) is 0 Å². The molecule has 2 aliphatic carbocycles. The molecule has 0 radical (unpaired) electrons. The maximum Gasteiger partial charge on any atom is 0.0166 e. The topological polar surface area (TPSA) is 0 Å². The van der Waals surface area contributed by atoms with Crippen LogP contribution in [0.3, 0.4) is 0 Å². The van der Waals surface area contributed by atoms with Crippen LogP contribution in [0.2, 0.25) is 0 Å². The normalized spacial score (nSPS) is 39.3. The van der Waals surface area contributed by atoms with Gasteiger partial charge in [0, 0.05) is 21.0 Å². The molecule has 22 heavy (non-hydrogen) atoms. The maximum atomic E-state index is 2.32. The van der Waals surface area contributed by atoms with Crippen molar-refractivity contribution >= 4 is 47.0 Å². The Morgan fingerprint density at radius 3 is 0.909 bits per heavy atom. The van der Waals surface area contributed by atoms with E-state index in [1.165, 1.54) is 87.2 Å². The van der Waals surface area contributed by atoms with Gasteiger partial charge in [-0.2, -0.15) is 47.0 Å². The molecule has 0 aromatic carbocycles. The summed E-state index contributed by atoms with van der Waals surface area (Å²) in [6.07, 6.45) is 14.8. The summed E-state index contributed by atoms with van der Waals surface area (Å²) in [5, 5.41) is 3.90. The largest absolute Gasteiger partial charge is 0.157 e. The molecular formula is C18H32S4. The first kappa shape index (κ1) is 18.2. The van der Waals surface area contributed by atoms with E-state index in [1.54, 1.807) is 0 Å². The Morgan fingerprint density at radius 1 is 0.364 bits per heavy atom. The Balaban J connectivity index is 1.50. The fraction of sp³-hybridized carbons (Fsp3) is 1.00. The van der Waals surface area contributed by atoms with E-state index in [2.05, 4.69) is 47.0 Å². The van der Waals surface area contributed by atoms with Crippen LogP contribution in [0.5, 0.6) is 0 Å². The molecule has 4 atom stereocenters. The second-order valence-electron chi connectivity index (χ2n) is 6.91. The molecule has 0 nitrogen and oxygen atoms in total. The van der Waals surface area contributed by atoms with Crippen molar-refractivity contribution in [1.29, 1.82) is 0 Å². The second-order valence-corrected chi connectivity index (χ2v) is 12.3. The van der Waals surface area contributed by atoms with Gasteiger partial charge in [-0.3, -0.25) is 0 Å². The van der Waals surface area contributed by atoms with E-state index in [4.69, 9.17) is 0 Å². The van der Waals surface area contributed by atoms with Gasteiger partial charge in [0.2, 0.25) is 0 Å². The Hall–Kier alpha value is 1.40. The van der Waals surface area contributed by atoms with E-state index in [9.17, 15) is 0 Å². The van der Waals surface area contributed by atoms with Crippen molar-refractivity contribution in [3.05, 3.63) is 0 Å². The highest BCUT2D eigenvalue weighted by Gasteiger charge is 2.27. The highest BCUT2D eigenvalue weighted by molar-refractivity contribution is 8.04. The Bertz CT molecular complexity index is 251. The maximum absolute atomic E-state index is 2.32. The van der Waals surface area contributed by atoms with Gasteiger partial charge in [0.1, 0.15) is 0 Å². The van der Waals surface area contributed by atoms with Gasteiger partial charge in [0.25, 0.3) is 0 Å². The van der Waals surface area contributed by atoms with Crippen molar-refractivity contribution in [1.82, 2.24) is 0 Å². The van der Waals surface area contributed by atoms with Crippen LogP contribution < -0.4 is 0 Å². The average molecular weight is 377 g/mol. The highest BCUT2D eigenvalue weighted by Crippen LogP contribution is 2.40. The van der Waals surface area contributed by atoms with Crippen molar-refractivity contribution in [3.63, 3.8) is 0 Å². The van der Waals surface area contributed by atoms with Gasteiger partial charge in [0.05, 0.1) is 0 Å². The van der Waals surface area contributed by atoms with E-state index < -0.39 is 0 Å². The van der Waals surface area contributed by atoms with Crippen molar-refractivity contribution in [3.8, 4) is 0 Å². The molecule has 3 fully saturated rings. The molecule has 4 heteroatoms. The van der Waals surface area contributed by atoms with E-state index in [0.29, 0.717) is 0 Å². The number of hydrogen-bond donors (Lipinski definition) is 0. The van der Waals surface area contributed by atoms with Crippen LogP contribution in [0, 0.1) is 0 Å². The quantitative estimate of drug-likeness (QED) is 0.484. The summed E-state index contributed by atoms with van der Waals surface area (Å²) in [6, 6.07) is 0. The van der Waals surface area contributed by atoms with Gasteiger partial charge in [-0.1, -0.05) is 25.7 Å². The SMILES string of the molecule is C1CS[C@H]2CCCC[C@H]2SCCCS[C@H]2CCCC[C@H]2SC1. The number of thioether (sulfide) groups is 4. The summed E-state index contributed by atoms with van der Waals surface area (Å²) in [4.78, 5) is 0. The lowest BCUT2D eigenvalue weighted by Crippen LogP contribution is -2.27. The van der Waals surface area contributed by atoms with Gasteiger partial charge in [-0.05, 0) is 61.5 Å². The third-order valence-corrected chi connectivity index (χ3v) is 11.6. The number of rotatable bonds is 0. The minimum Gasteiger partial charge on any atom is -0.157 e.